The van der Waals surface area contributed by atoms with Crippen LogP contribution in [0.2, 0.25) is 0 Å². The molecular formula is C16H17NO4. The third-order valence-electron chi connectivity index (χ3n) is 2.47. The fourth-order valence-corrected chi connectivity index (χ4v) is 1.57. The van der Waals surface area contributed by atoms with E-state index in [0.29, 0.717) is 24.2 Å². The summed E-state index contributed by atoms with van der Waals surface area (Å²) in [7, 11) is 0. The van der Waals surface area contributed by atoms with Crippen LogP contribution in [-0.4, -0.2) is 18.5 Å². The molecule has 0 N–H and O–H groups in total. The molecule has 0 radical (unpaired) electrons. The monoisotopic (exact) mass is 287 g/mol. The molecule has 21 heavy (non-hydrogen) atoms. The van der Waals surface area contributed by atoms with Crippen molar-refractivity contribution in [1.82, 2.24) is 0 Å². The summed E-state index contributed by atoms with van der Waals surface area (Å²) in [6.45, 7) is 3.76. The molecule has 5 nitrogen and oxygen atoms in total. The van der Waals surface area contributed by atoms with E-state index in [1.807, 2.05) is 6.92 Å². The van der Waals surface area contributed by atoms with E-state index in [1.54, 1.807) is 37.3 Å². The summed E-state index contributed by atoms with van der Waals surface area (Å²) in [5, 5.41) is 8.96. The van der Waals surface area contributed by atoms with Crippen LogP contribution in [0.3, 0.4) is 0 Å². The number of esters is 2. The van der Waals surface area contributed by atoms with Crippen molar-refractivity contribution in [2.75, 3.05) is 6.61 Å². The number of benzene rings is 1. The number of carbonyl (C=O) groups is 2. The van der Waals surface area contributed by atoms with E-state index in [2.05, 4.69) is 0 Å². The Kier molecular flexibility index (Phi) is 6.69. The normalized spacial score (nSPS) is 10.6. The number of rotatable bonds is 6. The highest BCUT2D eigenvalue weighted by atomic mass is 16.5. The first-order valence-corrected chi connectivity index (χ1v) is 6.70. The fraction of sp³-hybridized carbons (Fsp3) is 0.312. The molecule has 1 aromatic carbocycles. The van der Waals surface area contributed by atoms with Gasteiger partial charge in [-0.1, -0.05) is 19.1 Å². The number of carbonyl (C=O) groups excluding carboxylic acids is 2. The van der Waals surface area contributed by atoms with Crippen LogP contribution in [0.4, 0.5) is 0 Å². The molecule has 0 heterocycles. The molecule has 0 atom stereocenters. The van der Waals surface area contributed by atoms with Gasteiger partial charge in [0.25, 0.3) is 0 Å². The number of nitrogens with zero attached hydrogens (tertiary/aromatic N) is 1. The second-order valence-corrected chi connectivity index (χ2v) is 4.19. The Balaban J connectivity index is 2.91. The molecule has 5 heteroatoms. The minimum Gasteiger partial charge on any atom is -0.462 e. The van der Waals surface area contributed by atoms with Gasteiger partial charge in [0.2, 0.25) is 0 Å². The largest absolute Gasteiger partial charge is 0.462 e. The van der Waals surface area contributed by atoms with Crippen molar-refractivity contribution in [2.45, 2.75) is 26.7 Å². The van der Waals surface area contributed by atoms with E-state index in [9.17, 15) is 9.59 Å². The summed E-state index contributed by atoms with van der Waals surface area (Å²) < 4.78 is 9.93. The smallest absolute Gasteiger partial charge is 0.348 e. The summed E-state index contributed by atoms with van der Waals surface area (Å²) >= 11 is 0. The molecule has 0 amide bonds. The van der Waals surface area contributed by atoms with Crippen LogP contribution in [-0.2, 0) is 14.3 Å². The summed E-state index contributed by atoms with van der Waals surface area (Å²) in [4.78, 5) is 23.0. The highest BCUT2D eigenvalue weighted by molar-refractivity contribution is 5.97. The van der Waals surface area contributed by atoms with Crippen molar-refractivity contribution in [2.24, 2.45) is 0 Å². The molecule has 0 spiro atoms. The minimum absolute atomic E-state index is 0.103. The molecule has 0 unspecified atom stereocenters. The Morgan fingerprint density at radius 1 is 1.33 bits per heavy atom. The van der Waals surface area contributed by atoms with Gasteiger partial charge in [0.1, 0.15) is 17.4 Å². The minimum atomic E-state index is -0.673. The standard InChI is InChI=1S/C16H17NO4/c1-3-6-15(18)21-14-8-5-7-12(10-14)9-13(11-17)16(19)20-4-2/h5,7-10H,3-4,6H2,1-2H3/b13-9+. The van der Waals surface area contributed by atoms with Crippen molar-refractivity contribution < 1.29 is 19.1 Å². The predicted octanol–water partition coefficient (Wildman–Crippen LogP) is 2.86. The molecule has 0 aliphatic rings. The first-order chi connectivity index (χ1) is 10.1. The van der Waals surface area contributed by atoms with Crippen LogP contribution in [0.15, 0.2) is 29.8 Å². The third-order valence-corrected chi connectivity index (χ3v) is 2.47. The van der Waals surface area contributed by atoms with Gasteiger partial charge in [-0.3, -0.25) is 4.79 Å². The first-order valence-electron chi connectivity index (χ1n) is 6.70. The number of hydrogen-bond acceptors (Lipinski definition) is 5. The highest BCUT2D eigenvalue weighted by Gasteiger charge is 2.10. The first kappa shape index (κ1) is 16.4. The molecule has 0 aliphatic heterocycles. The van der Waals surface area contributed by atoms with Crippen LogP contribution in [0, 0.1) is 11.3 Å². The fourth-order valence-electron chi connectivity index (χ4n) is 1.57. The summed E-state index contributed by atoms with van der Waals surface area (Å²) in [6.07, 6.45) is 2.45. The van der Waals surface area contributed by atoms with Crippen molar-refractivity contribution in [3.05, 3.63) is 35.4 Å². The Bertz CT molecular complexity index is 584. The van der Waals surface area contributed by atoms with Gasteiger partial charge in [-0.2, -0.15) is 5.26 Å². The van der Waals surface area contributed by atoms with E-state index in [0.717, 1.165) is 0 Å². The average Bonchev–Trinajstić information content (AvgIpc) is 2.45. The number of nitriles is 1. The topological polar surface area (TPSA) is 76.4 Å². The Labute approximate surface area is 123 Å². The Morgan fingerprint density at radius 2 is 2.10 bits per heavy atom. The third kappa shape index (κ3) is 5.49. The predicted molar refractivity (Wildman–Crippen MR) is 77.2 cm³/mol. The maximum absolute atomic E-state index is 11.5. The highest BCUT2D eigenvalue weighted by Crippen LogP contribution is 2.17. The maximum atomic E-state index is 11.5. The van der Waals surface area contributed by atoms with Crippen molar-refractivity contribution in [3.63, 3.8) is 0 Å². The lowest BCUT2D eigenvalue weighted by molar-refractivity contribution is -0.138. The van der Waals surface area contributed by atoms with Gasteiger partial charge >= 0.3 is 11.9 Å². The van der Waals surface area contributed by atoms with Crippen LogP contribution < -0.4 is 4.74 Å². The van der Waals surface area contributed by atoms with E-state index >= 15 is 0 Å². The lowest BCUT2D eigenvalue weighted by Crippen LogP contribution is -2.07. The molecule has 0 fully saturated rings. The molecule has 110 valence electrons. The molecule has 1 aromatic rings. The van der Waals surface area contributed by atoms with Crippen LogP contribution in [0.5, 0.6) is 5.75 Å². The molecule has 0 saturated carbocycles. The lowest BCUT2D eigenvalue weighted by Gasteiger charge is -2.04. The van der Waals surface area contributed by atoms with Gasteiger partial charge in [-0.25, -0.2) is 4.79 Å². The van der Waals surface area contributed by atoms with Crippen molar-refractivity contribution in [3.8, 4) is 11.8 Å². The SMILES string of the molecule is CCCC(=O)Oc1cccc(/C=C(\C#N)C(=O)OCC)c1. The molecule has 0 bridgehead atoms. The Hall–Kier alpha value is -2.61. The second-order valence-electron chi connectivity index (χ2n) is 4.19. The van der Waals surface area contributed by atoms with Gasteiger partial charge in [0, 0.05) is 6.42 Å². The second kappa shape index (κ2) is 8.54. The number of ether oxygens (including phenoxy) is 2. The Morgan fingerprint density at radius 3 is 2.71 bits per heavy atom. The van der Waals surface area contributed by atoms with Gasteiger partial charge in [0.05, 0.1) is 6.61 Å². The molecule has 0 aromatic heterocycles. The van der Waals surface area contributed by atoms with Crippen LogP contribution >= 0.6 is 0 Å². The van der Waals surface area contributed by atoms with E-state index < -0.39 is 5.97 Å². The number of hydrogen-bond donors (Lipinski definition) is 0. The summed E-state index contributed by atoms with van der Waals surface area (Å²) in [5.41, 5.74) is 0.482. The van der Waals surface area contributed by atoms with Gasteiger partial charge in [-0.15, -0.1) is 0 Å². The van der Waals surface area contributed by atoms with E-state index in [-0.39, 0.29) is 18.1 Å². The van der Waals surface area contributed by atoms with E-state index in [1.165, 1.54) is 6.08 Å². The van der Waals surface area contributed by atoms with Gasteiger partial charge in [0.15, 0.2) is 0 Å². The molecule has 0 saturated heterocycles. The van der Waals surface area contributed by atoms with Gasteiger partial charge < -0.3 is 9.47 Å². The van der Waals surface area contributed by atoms with Gasteiger partial charge in [-0.05, 0) is 37.1 Å². The van der Waals surface area contributed by atoms with Crippen LogP contribution in [0.25, 0.3) is 6.08 Å². The molecule has 0 aliphatic carbocycles. The summed E-state index contributed by atoms with van der Waals surface area (Å²) in [6, 6.07) is 8.41. The summed E-state index contributed by atoms with van der Waals surface area (Å²) in [5.74, 6) is -0.610. The molecule has 1 rings (SSSR count). The maximum Gasteiger partial charge on any atom is 0.348 e. The zero-order chi connectivity index (χ0) is 15.7. The van der Waals surface area contributed by atoms with E-state index in [4.69, 9.17) is 14.7 Å². The quantitative estimate of drug-likeness (QED) is 0.348. The molecular weight excluding hydrogens is 270 g/mol. The average molecular weight is 287 g/mol. The zero-order valence-corrected chi connectivity index (χ0v) is 12.1. The van der Waals surface area contributed by atoms with Crippen molar-refractivity contribution >= 4 is 18.0 Å². The zero-order valence-electron chi connectivity index (χ0n) is 12.1. The lowest BCUT2D eigenvalue weighted by atomic mass is 10.1. The van der Waals surface area contributed by atoms with Crippen LogP contribution in [0.1, 0.15) is 32.3 Å². The van der Waals surface area contributed by atoms with Crippen molar-refractivity contribution in [1.29, 1.82) is 5.26 Å².